The van der Waals surface area contributed by atoms with Crippen molar-refractivity contribution in [3.05, 3.63) is 29.8 Å². The summed E-state index contributed by atoms with van der Waals surface area (Å²) in [5.41, 5.74) is -0.756. The summed E-state index contributed by atoms with van der Waals surface area (Å²) < 4.78 is 5.05. The third-order valence-electron chi connectivity index (χ3n) is 2.99. The second kappa shape index (κ2) is 4.72. The number of Topliss-reactive ketones (excluding diaryl/α,β-unsaturated/α-hetero) is 1. The molecule has 1 unspecified atom stereocenters. The number of thioether (sulfide) groups is 1. The molecule has 0 amide bonds. The van der Waals surface area contributed by atoms with Gasteiger partial charge in [0.1, 0.15) is 5.75 Å². The number of methoxy groups -OCH3 is 1. The number of carbonyl (C=O) groups excluding carboxylic acids is 1. The molecule has 1 atom stereocenters. The predicted molar refractivity (Wildman–Crippen MR) is 66.9 cm³/mol. The van der Waals surface area contributed by atoms with Crippen LogP contribution in [0.2, 0.25) is 0 Å². The maximum Gasteiger partial charge on any atom is 0.217 e. The number of benzene rings is 1. The third kappa shape index (κ3) is 1.73. The smallest absolute Gasteiger partial charge is 0.217 e. The van der Waals surface area contributed by atoms with E-state index in [1.807, 2.05) is 12.1 Å². The SMILES string of the molecule is COc1ccc(C2SCC(=O)C2(C#N)C#N)cc1. The Morgan fingerprint density at radius 1 is 1.33 bits per heavy atom. The Bertz CT molecular complexity index is 540. The van der Waals surface area contributed by atoms with E-state index in [0.29, 0.717) is 5.75 Å². The Morgan fingerprint density at radius 2 is 1.94 bits per heavy atom. The van der Waals surface area contributed by atoms with Crippen LogP contribution >= 0.6 is 11.8 Å². The van der Waals surface area contributed by atoms with E-state index in [1.165, 1.54) is 11.8 Å². The van der Waals surface area contributed by atoms with Crippen LogP contribution in [0.1, 0.15) is 10.8 Å². The molecule has 5 heteroatoms. The summed E-state index contributed by atoms with van der Waals surface area (Å²) in [6, 6.07) is 10.9. The first-order valence-corrected chi connectivity index (χ1v) is 6.34. The Balaban J connectivity index is 2.41. The molecular formula is C13H10N2O2S. The standard InChI is InChI=1S/C13H10N2O2S/c1-17-10-4-2-9(3-5-10)12-13(7-14,8-15)11(16)6-18-12/h2-5,12H,6H2,1H3. The molecule has 0 bridgehead atoms. The molecule has 1 fully saturated rings. The van der Waals surface area contributed by atoms with Crippen molar-refractivity contribution in [2.24, 2.45) is 5.41 Å². The van der Waals surface area contributed by atoms with E-state index in [-0.39, 0.29) is 11.5 Å². The largest absolute Gasteiger partial charge is 0.497 e. The first kappa shape index (κ1) is 12.5. The molecule has 0 aromatic heterocycles. The van der Waals surface area contributed by atoms with Gasteiger partial charge >= 0.3 is 0 Å². The highest BCUT2D eigenvalue weighted by Crippen LogP contribution is 2.50. The number of ketones is 1. The van der Waals surface area contributed by atoms with Gasteiger partial charge in [-0.25, -0.2) is 0 Å². The first-order chi connectivity index (χ1) is 8.67. The highest BCUT2D eigenvalue weighted by Gasteiger charge is 2.52. The average Bonchev–Trinajstić information content (AvgIpc) is 2.76. The van der Waals surface area contributed by atoms with Crippen molar-refractivity contribution < 1.29 is 9.53 Å². The molecular weight excluding hydrogens is 248 g/mol. The second-order valence-electron chi connectivity index (χ2n) is 3.92. The van der Waals surface area contributed by atoms with Crippen molar-refractivity contribution in [1.82, 2.24) is 0 Å². The van der Waals surface area contributed by atoms with E-state index in [1.54, 1.807) is 31.4 Å². The molecule has 90 valence electrons. The van der Waals surface area contributed by atoms with E-state index in [4.69, 9.17) is 4.74 Å². The molecule has 1 aromatic carbocycles. The van der Waals surface area contributed by atoms with Gasteiger partial charge < -0.3 is 4.74 Å². The van der Waals surface area contributed by atoms with Crippen LogP contribution in [0, 0.1) is 28.1 Å². The van der Waals surface area contributed by atoms with E-state index in [0.717, 1.165) is 5.56 Å². The Kier molecular flexibility index (Phi) is 3.27. The van der Waals surface area contributed by atoms with Crippen LogP contribution in [0.3, 0.4) is 0 Å². The lowest BCUT2D eigenvalue weighted by Gasteiger charge is -2.19. The summed E-state index contributed by atoms with van der Waals surface area (Å²) in [7, 11) is 1.57. The van der Waals surface area contributed by atoms with Crippen molar-refractivity contribution in [3.8, 4) is 17.9 Å². The normalized spacial score (nSPS) is 21.1. The van der Waals surface area contributed by atoms with Gasteiger partial charge in [-0.15, -0.1) is 11.8 Å². The molecule has 2 rings (SSSR count). The number of nitrogens with zero attached hydrogens (tertiary/aromatic N) is 2. The number of rotatable bonds is 2. The predicted octanol–water partition coefficient (Wildman–Crippen LogP) is 2.09. The maximum absolute atomic E-state index is 11.8. The third-order valence-corrected chi connectivity index (χ3v) is 4.37. The fourth-order valence-corrected chi connectivity index (χ4v) is 3.32. The van der Waals surface area contributed by atoms with E-state index < -0.39 is 10.7 Å². The number of carbonyl (C=O) groups is 1. The summed E-state index contributed by atoms with van der Waals surface area (Å²) in [6.07, 6.45) is 0. The van der Waals surface area contributed by atoms with Crippen LogP contribution in [0.5, 0.6) is 5.75 Å². The van der Waals surface area contributed by atoms with Crippen LogP contribution < -0.4 is 4.74 Å². The molecule has 1 aromatic rings. The lowest BCUT2D eigenvalue weighted by Crippen LogP contribution is -2.28. The number of hydrogen-bond acceptors (Lipinski definition) is 5. The molecule has 0 saturated carbocycles. The van der Waals surface area contributed by atoms with Crippen LogP contribution in [0.15, 0.2) is 24.3 Å². The molecule has 0 N–H and O–H groups in total. The zero-order valence-electron chi connectivity index (χ0n) is 9.71. The van der Waals surface area contributed by atoms with Crippen molar-refractivity contribution >= 4 is 17.5 Å². The van der Waals surface area contributed by atoms with Gasteiger partial charge in [0.05, 0.1) is 30.3 Å². The monoisotopic (exact) mass is 258 g/mol. The summed E-state index contributed by atoms with van der Waals surface area (Å²) in [4.78, 5) is 11.8. The summed E-state index contributed by atoms with van der Waals surface area (Å²) in [6.45, 7) is 0. The molecule has 1 aliphatic heterocycles. The van der Waals surface area contributed by atoms with Crippen molar-refractivity contribution in [1.29, 1.82) is 10.5 Å². The van der Waals surface area contributed by atoms with Crippen LogP contribution in [-0.4, -0.2) is 18.6 Å². The zero-order chi connectivity index (χ0) is 13.2. The van der Waals surface area contributed by atoms with E-state index in [2.05, 4.69) is 0 Å². The van der Waals surface area contributed by atoms with Crippen molar-refractivity contribution in [3.63, 3.8) is 0 Å². The van der Waals surface area contributed by atoms with Crippen LogP contribution in [-0.2, 0) is 4.79 Å². The molecule has 0 aliphatic carbocycles. The van der Waals surface area contributed by atoms with Crippen molar-refractivity contribution in [2.75, 3.05) is 12.9 Å². The first-order valence-electron chi connectivity index (χ1n) is 5.29. The fraction of sp³-hybridized carbons (Fsp3) is 0.308. The molecule has 0 radical (unpaired) electrons. The molecule has 1 aliphatic rings. The lowest BCUT2D eigenvalue weighted by atomic mass is 9.81. The molecule has 1 heterocycles. The van der Waals surface area contributed by atoms with Gasteiger partial charge in [-0.05, 0) is 17.7 Å². The topological polar surface area (TPSA) is 73.9 Å². The second-order valence-corrected chi connectivity index (χ2v) is 5.01. The lowest BCUT2D eigenvalue weighted by molar-refractivity contribution is -0.120. The zero-order valence-corrected chi connectivity index (χ0v) is 10.5. The highest BCUT2D eigenvalue weighted by atomic mass is 32.2. The number of ether oxygens (including phenoxy) is 1. The Hall–Kier alpha value is -1.98. The average molecular weight is 258 g/mol. The minimum Gasteiger partial charge on any atom is -0.497 e. The summed E-state index contributed by atoms with van der Waals surface area (Å²) in [5.74, 6) is 0.601. The van der Waals surface area contributed by atoms with Crippen LogP contribution in [0.4, 0.5) is 0 Å². The van der Waals surface area contributed by atoms with Gasteiger partial charge in [0.2, 0.25) is 5.41 Å². The van der Waals surface area contributed by atoms with Gasteiger partial charge in [0.15, 0.2) is 5.78 Å². The summed E-state index contributed by atoms with van der Waals surface area (Å²) in [5, 5.41) is 18.0. The molecule has 0 spiro atoms. The summed E-state index contributed by atoms with van der Waals surface area (Å²) >= 11 is 1.34. The van der Waals surface area contributed by atoms with E-state index in [9.17, 15) is 15.3 Å². The minimum atomic E-state index is -1.56. The highest BCUT2D eigenvalue weighted by molar-refractivity contribution is 8.00. The maximum atomic E-state index is 11.8. The Labute approximate surface area is 109 Å². The molecule has 1 saturated heterocycles. The minimum absolute atomic E-state index is 0.206. The van der Waals surface area contributed by atoms with E-state index >= 15 is 0 Å². The van der Waals surface area contributed by atoms with Crippen LogP contribution in [0.25, 0.3) is 0 Å². The molecule has 18 heavy (non-hydrogen) atoms. The van der Waals surface area contributed by atoms with Gasteiger partial charge in [-0.2, -0.15) is 10.5 Å². The van der Waals surface area contributed by atoms with Gasteiger partial charge in [-0.1, -0.05) is 12.1 Å². The van der Waals surface area contributed by atoms with Gasteiger partial charge in [0, 0.05) is 0 Å². The quantitative estimate of drug-likeness (QED) is 0.812. The Morgan fingerprint density at radius 3 is 2.44 bits per heavy atom. The van der Waals surface area contributed by atoms with Gasteiger partial charge in [0.25, 0.3) is 0 Å². The number of hydrogen-bond donors (Lipinski definition) is 0. The molecule has 4 nitrogen and oxygen atoms in total. The van der Waals surface area contributed by atoms with Gasteiger partial charge in [-0.3, -0.25) is 4.79 Å². The fourth-order valence-electron chi connectivity index (χ4n) is 1.94. The van der Waals surface area contributed by atoms with Crippen molar-refractivity contribution in [2.45, 2.75) is 5.25 Å². The number of nitriles is 2.